The average Bonchev–Trinajstić information content (AvgIpc) is 2.84. The number of rotatable bonds is 5. The number of aromatic nitrogens is 3. The lowest BCUT2D eigenvalue weighted by atomic mass is 10.1. The summed E-state index contributed by atoms with van der Waals surface area (Å²) in [5, 5.41) is 12.0. The van der Waals surface area contributed by atoms with E-state index in [1.807, 2.05) is 14.0 Å². The number of hydrogen-bond donors (Lipinski definition) is 1. The van der Waals surface area contributed by atoms with Crippen molar-refractivity contribution in [1.82, 2.24) is 20.3 Å². The molecule has 1 atom stereocenters. The van der Waals surface area contributed by atoms with Crippen molar-refractivity contribution in [3.05, 3.63) is 40.4 Å². The third kappa shape index (κ3) is 2.69. The summed E-state index contributed by atoms with van der Waals surface area (Å²) in [7, 11) is 1.90. The molecule has 0 saturated heterocycles. The molecule has 0 spiro atoms. The van der Waals surface area contributed by atoms with Gasteiger partial charge in [-0.3, -0.25) is 0 Å². The van der Waals surface area contributed by atoms with E-state index >= 15 is 0 Å². The summed E-state index contributed by atoms with van der Waals surface area (Å²) in [6.07, 6.45) is 1.69. The van der Waals surface area contributed by atoms with E-state index in [4.69, 9.17) is 11.6 Å². The Morgan fingerprint density at radius 1 is 1.40 bits per heavy atom. The zero-order valence-electron chi connectivity index (χ0n) is 11.8. The first kappa shape index (κ1) is 14.9. The first-order valence-electron chi connectivity index (χ1n) is 6.69. The van der Waals surface area contributed by atoms with Crippen molar-refractivity contribution >= 4 is 11.6 Å². The average molecular weight is 297 g/mol. The van der Waals surface area contributed by atoms with Crippen molar-refractivity contribution in [1.29, 1.82) is 0 Å². The highest BCUT2D eigenvalue weighted by molar-refractivity contribution is 6.32. The van der Waals surface area contributed by atoms with Gasteiger partial charge in [0.15, 0.2) is 0 Å². The quantitative estimate of drug-likeness (QED) is 0.920. The highest BCUT2D eigenvalue weighted by atomic mass is 35.5. The maximum atomic E-state index is 13.1. The zero-order chi connectivity index (χ0) is 14.7. The van der Waals surface area contributed by atoms with Gasteiger partial charge in [0, 0.05) is 0 Å². The van der Waals surface area contributed by atoms with Gasteiger partial charge >= 0.3 is 0 Å². The Morgan fingerprint density at radius 3 is 2.70 bits per heavy atom. The van der Waals surface area contributed by atoms with Crippen LogP contribution in [0.1, 0.15) is 37.7 Å². The summed E-state index contributed by atoms with van der Waals surface area (Å²) < 4.78 is 14.8. The van der Waals surface area contributed by atoms with E-state index in [1.54, 1.807) is 10.7 Å². The van der Waals surface area contributed by atoms with Crippen LogP contribution in [0.5, 0.6) is 0 Å². The molecule has 20 heavy (non-hydrogen) atoms. The van der Waals surface area contributed by atoms with Gasteiger partial charge in [-0.1, -0.05) is 30.7 Å². The molecule has 0 aliphatic carbocycles. The van der Waals surface area contributed by atoms with Crippen LogP contribution < -0.4 is 5.32 Å². The van der Waals surface area contributed by atoms with Crippen molar-refractivity contribution in [3.63, 3.8) is 0 Å². The predicted octanol–water partition coefficient (Wildman–Crippen LogP) is 3.29. The van der Waals surface area contributed by atoms with Gasteiger partial charge in [-0.15, -0.1) is 5.10 Å². The van der Waals surface area contributed by atoms with Crippen LogP contribution in [0.4, 0.5) is 4.39 Å². The molecule has 4 nitrogen and oxygen atoms in total. The molecule has 0 amide bonds. The Hall–Kier alpha value is -1.46. The standard InChI is InChI=1S/C14H18ClFN4/c1-4-11(17-3)14-12(5-2)20(19-18-14)13-7-6-9(16)8-10(13)15/h6-8,11,17H,4-5H2,1-3H3. The molecule has 1 unspecified atom stereocenters. The number of nitrogens with one attached hydrogen (secondary N) is 1. The minimum Gasteiger partial charge on any atom is -0.312 e. The van der Waals surface area contributed by atoms with Crippen LogP contribution in [0.2, 0.25) is 5.02 Å². The first-order valence-corrected chi connectivity index (χ1v) is 7.07. The van der Waals surface area contributed by atoms with E-state index in [2.05, 4.69) is 22.6 Å². The van der Waals surface area contributed by atoms with Crippen LogP contribution in [0.15, 0.2) is 18.2 Å². The second kappa shape index (κ2) is 6.33. The van der Waals surface area contributed by atoms with Gasteiger partial charge in [-0.05, 0) is 38.1 Å². The molecule has 1 aromatic carbocycles. The first-order chi connectivity index (χ1) is 9.62. The van der Waals surface area contributed by atoms with Crippen LogP contribution in [-0.4, -0.2) is 22.0 Å². The molecule has 0 radical (unpaired) electrons. The lowest BCUT2D eigenvalue weighted by Crippen LogP contribution is -2.17. The lowest BCUT2D eigenvalue weighted by Gasteiger charge is -2.13. The third-order valence-corrected chi connectivity index (χ3v) is 3.66. The van der Waals surface area contributed by atoms with Gasteiger partial charge < -0.3 is 5.32 Å². The lowest BCUT2D eigenvalue weighted by molar-refractivity contribution is 0.555. The van der Waals surface area contributed by atoms with Crippen LogP contribution in [0, 0.1) is 5.82 Å². The molecule has 108 valence electrons. The smallest absolute Gasteiger partial charge is 0.124 e. The summed E-state index contributed by atoms with van der Waals surface area (Å²) in [6, 6.07) is 4.43. The number of benzene rings is 1. The molecule has 0 bridgehead atoms. The van der Waals surface area contributed by atoms with Crippen molar-refractivity contribution in [2.45, 2.75) is 32.7 Å². The Kier molecular flexibility index (Phi) is 4.73. The summed E-state index contributed by atoms with van der Waals surface area (Å²) in [4.78, 5) is 0. The highest BCUT2D eigenvalue weighted by Crippen LogP contribution is 2.26. The molecular weight excluding hydrogens is 279 g/mol. The van der Waals surface area contributed by atoms with Gasteiger partial charge in [0.25, 0.3) is 0 Å². The Morgan fingerprint density at radius 2 is 2.15 bits per heavy atom. The van der Waals surface area contributed by atoms with E-state index in [9.17, 15) is 4.39 Å². The minimum absolute atomic E-state index is 0.151. The molecule has 0 fully saturated rings. The number of halogens is 2. The molecule has 2 rings (SSSR count). The maximum Gasteiger partial charge on any atom is 0.124 e. The fourth-order valence-corrected chi connectivity index (χ4v) is 2.54. The molecule has 0 saturated carbocycles. The van der Waals surface area contributed by atoms with Gasteiger partial charge in [-0.25, -0.2) is 9.07 Å². The fraction of sp³-hybridized carbons (Fsp3) is 0.429. The molecule has 1 aromatic heterocycles. The van der Waals surface area contributed by atoms with E-state index in [0.29, 0.717) is 10.7 Å². The van der Waals surface area contributed by atoms with Crippen LogP contribution in [0.25, 0.3) is 5.69 Å². The Balaban J connectivity index is 2.52. The van der Waals surface area contributed by atoms with Crippen molar-refractivity contribution < 1.29 is 4.39 Å². The second-order valence-electron chi connectivity index (χ2n) is 4.53. The van der Waals surface area contributed by atoms with Gasteiger partial charge in [0.1, 0.15) is 11.5 Å². The maximum absolute atomic E-state index is 13.1. The monoisotopic (exact) mass is 296 g/mol. The number of nitrogens with zero attached hydrogens (tertiary/aromatic N) is 3. The van der Waals surface area contributed by atoms with Crippen molar-refractivity contribution in [2.24, 2.45) is 0 Å². The molecular formula is C14H18ClFN4. The topological polar surface area (TPSA) is 42.7 Å². The van der Waals surface area contributed by atoms with E-state index in [-0.39, 0.29) is 11.9 Å². The van der Waals surface area contributed by atoms with Gasteiger partial charge in [0.05, 0.1) is 22.4 Å². The van der Waals surface area contributed by atoms with E-state index < -0.39 is 0 Å². The Bertz CT molecular complexity index is 593. The predicted molar refractivity (Wildman–Crippen MR) is 77.8 cm³/mol. The minimum atomic E-state index is -0.362. The molecule has 0 aliphatic rings. The number of hydrogen-bond acceptors (Lipinski definition) is 3. The van der Waals surface area contributed by atoms with Gasteiger partial charge in [0.2, 0.25) is 0 Å². The van der Waals surface area contributed by atoms with Gasteiger partial charge in [-0.2, -0.15) is 0 Å². The van der Waals surface area contributed by atoms with E-state index in [1.165, 1.54) is 12.1 Å². The Labute approximate surface area is 122 Å². The second-order valence-corrected chi connectivity index (χ2v) is 4.94. The van der Waals surface area contributed by atoms with E-state index in [0.717, 1.165) is 24.2 Å². The SMILES string of the molecule is CCc1c(C(CC)NC)nnn1-c1ccc(F)cc1Cl. The summed E-state index contributed by atoms with van der Waals surface area (Å²) >= 11 is 6.11. The molecule has 1 heterocycles. The highest BCUT2D eigenvalue weighted by Gasteiger charge is 2.20. The van der Waals surface area contributed by atoms with Crippen LogP contribution in [-0.2, 0) is 6.42 Å². The fourth-order valence-electron chi connectivity index (χ4n) is 2.30. The third-order valence-electron chi connectivity index (χ3n) is 3.35. The molecule has 2 aromatic rings. The summed E-state index contributed by atoms with van der Waals surface area (Å²) in [6.45, 7) is 4.13. The molecule has 1 N–H and O–H groups in total. The van der Waals surface area contributed by atoms with Crippen LogP contribution >= 0.6 is 11.6 Å². The van der Waals surface area contributed by atoms with Crippen molar-refractivity contribution in [3.8, 4) is 5.69 Å². The normalized spacial score (nSPS) is 12.7. The van der Waals surface area contributed by atoms with Crippen LogP contribution in [0.3, 0.4) is 0 Å². The zero-order valence-corrected chi connectivity index (χ0v) is 12.6. The molecule has 0 aliphatic heterocycles. The van der Waals surface area contributed by atoms with Crippen molar-refractivity contribution in [2.75, 3.05) is 7.05 Å². The summed E-state index contributed by atoms with van der Waals surface area (Å²) in [5.41, 5.74) is 2.55. The summed E-state index contributed by atoms with van der Waals surface area (Å²) in [5.74, 6) is -0.362. The largest absolute Gasteiger partial charge is 0.312 e. The molecule has 6 heteroatoms.